The number of hydrogen-bond donors (Lipinski definition) is 5. The summed E-state index contributed by atoms with van der Waals surface area (Å²) >= 11 is 0. The number of nitrogens with one attached hydrogen (secondary N) is 1. The topological polar surface area (TPSA) is 156 Å². The van der Waals surface area contributed by atoms with Gasteiger partial charge in [-0.25, -0.2) is 0 Å². The lowest BCUT2D eigenvalue weighted by Crippen LogP contribution is -2.67. The maximum absolute atomic E-state index is 12.0. The van der Waals surface area contributed by atoms with Crippen molar-refractivity contribution in [2.24, 2.45) is 47.3 Å². The lowest BCUT2D eigenvalue weighted by Gasteiger charge is -2.57. The van der Waals surface area contributed by atoms with Gasteiger partial charge in [0.2, 0.25) is 6.29 Å². The van der Waals surface area contributed by atoms with Gasteiger partial charge in [-0.3, -0.25) is 4.79 Å². The van der Waals surface area contributed by atoms with Crippen LogP contribution in [-0.2, 0) is 28.5 Å². The molecule has 4 saturated heterocycles. The van der Waals surface area contributed by atoms with Crippen molar-refractivity contribution in [3.8, 4) is 0 Å². The number of carbonyl (C=O) groups is 1. The molecule has 6 rings (SSSR count). The molecule has 6 fully saturated rings. The summed E-state index contributed by atoms with van der Waals surface area (Å²) in [5, 5.41) is 47.4. The molecule has 4 heterocycles. The minimum absolute atomic E-state index is 0.00391. The monoisotopic (exact) mass is 669 g/mol. The van der Waals surface area contributed by atoms with Crippen LogP contribution >= 0.6 is 0 Å². The molecule has 11 nitrogen and oxygen atoms in total. The minimum Gasteiger partial charge on any atom is -0.432 e. The van der Waals surface area contributed by atoms with E-state index in [1.807, 2.05) is 6.92 Å². The molecule has 0 aromatic carbocycles. The second-order valence-electron chi connectivity index (χ2n) is 17.3. The predicted molar refractivity (Wildman–Crippen MR) is 173 cm³/mol. The zero-order chi connectivity index (χ0) is 34.7. The van der Waals surface area contributed by atoms with E-state index < -0.39 is 41.6 Å². The molecule has 272 valence electrons. The van der Waals surface area contributed by atoms with Crippen LogP contribution in [0.1, 0.15) is 114 Å². The second-order valence-corrected chi connectivity index (χ2v) is 17.3. The Balaban J connectivity index is 0.000000193. The largest absolute Gasteiger partial charge is 0.432 e. The highest BCUT2D eigenvalue weighted by molar-refractivity contribution is 5.74. The molecule has 0 spiro atoms. The van der Waals surface area contributed by atoms with Crippen LogP contribution in [0.3, 0.4) is 0 Å². The Bertz CT molecular complexity index is 1110. The van der Waals surface area contributed by atoms with Crippen LogP contribution < -0.4 is 5.32 Å². The fourth-order valence-electron chi connectivity index (χ4n) is 9.75. The molecule has 0 amide bonds. The van der Waals surface area contributed by atoms with Crippen molar-refractivity contribution >= 4 is 5.97 Å². The summed E-state index contributed by atoms with van der Waals surface area (Å²) in [6.45, 7) is 19.1. The SMILES string of the molecule is C[C@@H]1CCC2[C@@H](C)C(=O)O[C@@H]3O[C@](C)(O)CCC1[C@@]23O.C[C@H]1C(OCCNC(C)(C)C)O[C@@H]2O[C@](C)(O)CCC3[C@H](C)CCC1[C@]32O. The van der Waals surface area contributed by atoms with Crippen LogP contribution in [-0.4, -0.2) is 86.7 Å². The number of rotatable bonds is 4. The van der Waals surface area contributed by atoms with Gasteiger partial charge in [0.05, 0.1) is 12.5 Å². The van der Waals surface area contributed by atoms with E-state index in [2.05, 4.69) is 46.9 Å². The van der Waals surface area contributed by atoms with Crippen molar-refractivity contribution in [2.75, 3.05) is 13.2 Å². The van der Waals surface area contributed by atoms with Gasteiger partial charge < -0.3 is 49.4 Å². The van der Waals surface area contributed by atoms with Crippen LogP contribution in [0.15, 0.2) is 0 Å². The third kappa shape index (κ3) is 7.31. The molecule has 0 bridgehead atoms. The molecule has 2 aliphatic carbocycles. The Morgan fingerprint density at radius 2 is 1.28 bits per heavy atom. The summed E-state index contributed by atoms with van der Waals surface area (Å²) in [5.41, 5.74) is -2.20. The lowest BCUT2D eigenvalue weighted by atomic mass is 9.58. The summed E-state index contributed by atoms with van der Waals surface area (Å²) in [6.07, 6.45) is 3.82. The summed E-state index contributed by atoms with van der Waals surface area (Å²) in [5.74, 6) is -2.55. The number of ether oxygens (including phenoxy) is 5. The Labute approximate surface area is 281 Å². The molecule has 6 aliphatic rings. The smallest absolute Gasteiger partial charge is 0.311 e. The van der Waals surface area contributed by atoms with Crippen LogP contribution in [0.25, 0.3) is 0 Å². The van der Waals surface area contributed by atoms with Gasteiger partial charge in [0, 0.05) is 42.7 Å². The van der Waals surface area contributed by atoms with Crippen molar-refractivity contribution in [1.82, 2.24) is 5.32 Å². The molecule has 0 radical (unpaired) electrons. The first-order chi connectivity index (χ1) is 21.7. The Morgan fingerprint density at radius 1 is 0.766 bits per heavy atom. The molecule has 5 unspecified atom stereocenters. The molecule has 0 aromatic rings. The van der Waals surface area contributed by atoms with Gasteiger partial charge in [0.15, 0.2) is 24.2 Å². The molecule has 2 saturated carbocycles. The highest BCUT2D eigenvalue weighted by Crippen LogP contribution is 2.56. The first-order valence-corrected chi connectivity index (χ1v) is 18.2. The maximum atomic E-state index is 12.0. The van der Waals surface area contributed by atoms with Crippen molar-refractivity contribution in [2.45, 2.75) is 161 Å². The average molecular weight is 670 g/mol. The van der Waals surface area contributed by atoms with Gasteiger partial charge in [0.1, 0.15) is 11.2 Å². The van der Waals surface area contributed by atoms with E-state index in [4.69, 9.17) is 23.7 Å². The summed E-state index contributed by atoms with van der Waals surface area (Å²) < 4.78 is 29.0. The number of hydrogen-bond acceptors (Lipinski definition) is 11. The lowest BCUT2D eigenvalue weighted by molar-refractivity contribution is -0.408. The van der Waals surface area contributed by atoms with Gasteiger partial charge in [-0.2, -0.15) is 0 Å². The molecule has 47 heavy (non-hydrogen) atoms. The number of aliphatic hydroxyl groups is 4. The molecule has 11 heteroatoms. The van der Waals surface area contributed by atoms with Gasteiger partial charge in [0.25, 0.3) is 0 Å². The third-order valence-electron chi connectivity index (χ3n) is 12.5. The first-order valence-electron chi connectivity index (χ1n) is 18.2. The standard InChI is InChI=1S/C21H39NO5.C15H24O5/c1-13-7-8-16-14(2)17(25-12-11-22-19(3,4)5)26-18-21(16,24)15(13)9-10-20(6,23)27-18;1-8-4-5-11-9(2)12(16)19-13-15(11,18)10(8)6-7-14(3,17)20-13/h13-18,22-24H,7-12H2,1-6H3;8-11,13,17-18H,4-7H2,1-3H3/t13-,14-,15?,16?,17?,18-,20+,21-;8-,9-,10?,11?,13-,14+,15-/m11/s1. The van der Waals surface area contributed by atoms with E-state index in [0.29, 0.717) is 37.7 Å². The fourth-order valence-corrected chi connectivity index (χ4v) is 9.75. The quantitative estimate of drug-likeness (QED) is 0.218. The Morgan fingerprint density at radius 3 is 1.83 bits per heavy atom. The van der Waals surface area contributed by atoms with Crippen LogP contribution in [0.4, 0.5) is 0 Å². The zero-order valence-electron chi connectivity index (χ0n) is 30.2. The Kier molecular flexibility index (Phi) is 10.6. The fraction of sp³-hybridized carbons (Fsp3) is 0.972. The number of esters is 1. The normalized spacial score (nSPS) is 51.3. The second kappa shape index (κ2) is 13.3. The van der Waals surface area contributed by atoms with E-state index in [-0.39, 0.29) is 47.0 Å². The maximum Gasteiger partial charge on any atom is 0.311 e. The average Bonchev–Trinajstić information content (AvgIpc) is 3.12. The van der Waals surface area contributed by atoms with Crippen molar-refractivity contribution in [1.29, 1.82) is 0 Å². The predicted octanol–water partition coefficient (Wildman–Crippen LogP) is 4.04. The van der Waals surface area contributed by atoms with Crippen LogP contribution in [0.5, 0.6) is 0 Å². The van der Waals surface area contributed by atoms with E-state index >= 15 is 0 Å². The van der Waals surface area contributed by atoms with Crippen LogP contribution in [0, 0.1) is 47.3 Å². The van der Waals surface area contributed by atoms with E-state index in [0.717, 1.165) is 38.6 Å². The molecule has 4 aliphatic heterocycles. The zero-order valence-corrected chi connectivity index (χ0v) is 30.2. The van der Waals surface area contributed by atoms with Crippen molar-refractivity contribution < 1.29 is 48.9 Å². The van der Waals surface area contributed by atoms with Gasteiger partial charge in [-0.05, 0) is 96.8 Å². The van der Waals surface area contributed by atoms with Crippen LogP contribution in [0.2, 0.25) is 0 Å². The van der Waals surface area contributed by atoms with Gasteiger partial charge in [-0.15, -0.1) is 0 Å². The summed E-state index contributed by atoms with van der Waals surface area (Å²) in [4.78, 5) is 12.0. The highest BCUT2D eigenvalue weighted by atomic mass is 16.8. The van der Waals surface area contributed by atoms with Gasteiger partial charge >= 0.3 is 5.97 Å². The Hall–Kier alpha value is -0.890. The van der Waals surface area contributed by atoms with Gasteiger partial charge in [-0.1, -0.05) is 27.7 Å². The molecule has 15 atom stereocenters. The van der Waals surface area contributed by atoms with E-state index in [9.17, 15) is 25.2 Å². The highest BCUT2D eigenvalue weighted by Gasteiger charge is 2.65. The molecular formula is C36H63NO10. The van der Waals surface area contributed by atoms with E-state index in [1.165, 1.54) is 0 Å². The summed E-state index contributed by atoms with van der Waals surface area (Å²) in [7, 11) is 0. The molecule has 0 aromatic heterocycles. The third-order valence-corrected chi connectivity index (χ3v) is 12.5. The number of carbonyl (C=O) groups excluding carboxylic acids is 1. The van der Waals surface area contributed by atoms with Crippen molar-refractivity contribution in [3.63, 3.8) is 0 Å². The summed E-state index contributed by atoms with van der Waals surface area (Å²) in [6, 6.07) is 0. The molecular weight excluding hydrogens is 606 g/mol. The minimum atomic E-state index is -1.36. The van der Waals surface area contributed by atoms with E-state index in [1.54, 1.807) is 13.8 Å². The molecule has 5 N–H and O–H groups in total. The first kappa shape index (κ1) is 37.4. The van der Waals surface area contributed by atoms with Crippen molar-refractivity contribution in [3.05, 3.63) is 0 Å².